The molecule has 0 aliphatic carbocycles. The van der Waals surface area contributed by atoms with Crippen molar-refractivity contribution in [2.75, 3.05) is 19.6 Å². The number of nitrogens with one attached hydrogen (secondary N) is 1. The second-order valence-corrected chi connectivity index (χ2v) is 10.6. The molecule has 3 fully saturated rings. The molecular weight excluding hydrogens is 411 g/mol. The molecule has 3 aliphatic heterocycles. The third-order valence-electron chi connectivity index (χ3n) is 8.84. The van der Waals surface area contributed by atoms with Crippen LogP contribution in [0.4, 0.5) is 4.39 Å². The SMILES string of the molecule is Cc1nc2ccccc2n1C1CC2CCC(C1)N2CCC1(c2cccc(F)c2)CCNCC1. The third kappa shape index (κ3) is 3.79. The van der Waals surface area contributed by atoms with E-state index in [0.29, 0.717) is 18.1 Å². The zero-order chi connectivity index (χ0) is 22.4. The molecule has 2 aromatic carbocycles. The first-order chi connectivity index (χ1) is 16.1. The summed E-state index contributed by atoms with van der Waals surface area (Å²) in [4.78, 5) is 7.65. The number of rotatable bonds is 5. The van der Waals surface area contributed by atoms with Gasteiger partial charge in [0.25, 0.3) is 0 Å². The van der Waals surface area contributed by atoms with Crippen molar-refractivity contribution in [3.8, 4) is 0 Å². The van der Waals surface area contributed by atoms with Crippen LogP contribution in [0.25, 0.3) is 11.0 Å². The molecule has 2 bridgehead atoms. The standard InChI is InChI=1S/C28H35FN4/c1-20-31-26-7-2-3-8-27(26)33(20)25-18-23-9-10-24(19-25)32(23)16-13-28(11-14-30-15-12-28)21-5-4-6-22(29)17-21/h2-8,17,23-25,30H,9-16,18-19H2,1H3. The second kappa shape index (κ2) is 8.52. The predicted octanol–water partition coefficient (Wildman–Crippen LogP) is 5.36. The number of para-hydroxylation sites is 2. The highest BCUT2D eigenvalue weighted by Gasteiger charge is 2.43. The molecule has 0 radical (unpaired) electrons. The Kier molecular flexibility index (Phi) is 5.50. The number of hydrogen-bond acceptors (Lipinski definition) is 3. The van der Waals surface area contributed by atoms with Gasteiger partial charge in [-0.3, -0.25) is 4.90 Å². The maximum Gasteiger partial charge on any atom is 0.123 e. The van der Waals surface area contributed by atoms with E-state index in [1.165, 1.54) is 36.8 Å². The first-order valence-electron chi connectivity index (χ1n) is 12.8. The van der Waals surface area contributed by atoms with E-state index in [0.717, 1.165) is 50.2 Å². The molecule has 33 heavy (non-hydrogen) atoms. The van der Waals surface area contributed by atoms with Gasteiger partial charge in [-0.25, -0.2) is 9.37 Å². The second-order valence-electron chi connectivity index (χ2n) is 10.6. The van der Waals surface area contributed by atoms with Crippen LogP contribution in [0, 0.1) is 12.7 Å². The highest BCUT2D eigenvalue weighted by atomic mass is 19.1. The van der Waals surface area contributed by atoms with Gasteiger partial charge in [-0.15, -0.1) is 0 Å². The zero-order valence-electron chi connectivity index (χ0n) is 19.6. The molecule has 1 aromatic heterocycles. The largest absolute Gasteiger partial charge is 0.325 e. The average molecular weight is 447 g/mol. The van der Waals surface area contributed by atoms with E-state index in [-0.39, 0.29) is 11.2 Å². The van der Waals surface area contributed by atoms with Gasteiger partial charge in [0, 0.05) is 18.1 Å². The monoisotopic (exact) mass is 446 g/mol. The van der Waals surface area contributed by atoms with Gasteiger partial charge in [-0.2, -0.15) is 0 Å². The molecule has 0 saturated carbocycles. The smallest absolute Gasteiger partial charge is 0.123 e. The Morgan fingerprint density at radius 1 is 1.00 bits per heavy atom. The van der Waals surface area contributed by atoms with E-state index in [1.54, 1.807) is 12.1 Å². The van der Waals surface area contributed by atoms with Gasteiger partial charge in [0.2, 0.25) is 0 Å². The van der Waals surface area contributed by atoms with E-state index in [9.17, 15) is 4.39 Å². The summed E-state index contributed by atoms with van der Waals surface area (Å²) in [5.74, 6) is 1.04. The van der Waals surface area contributed by atoms with Crippen molar-refractivity contribution >= 4 is 11.0 Å². The van der Waals surface area contributed by atoms with Crippen LogP contribution in [0.3, 0.4) is 0 Å². The molecule has 3 saturated heterocycles. The van der Waals surface area contributed by atoms with Gasteiger partial charge in [0.1, 0.15) is 11.6 Å². The maximum absolute atomic E-state index is 14.1. The van der Waals surface area contributed by atoms with Gasteiger partial charge in [0.15, 0.2) is 0 Å². The van der Waals surface area contributed by atoms with E-state index in [1.807, 2.05) is 6.07 Å². The number of nitrogens with zero attached hydrogens (tertiary/aromatic N) is 3. The number of fused-ring (bicyclic) bond motifs is 3. The van der Waals surface area contributed by atoms with Crippen molar-refractivity contribution in [3.63, 3.8) is 0 Å². The van der Waals surface area contributed by atoms with E-state index < -0.39 is 0 Å². The molecule has 0 spiro atoms. The molecule has 3 aromatic rings. The number of hydrogen-bond donors (Lipinski definition) is 1. The lowest BCUT2D eigenvalue weighted by molar-refractivity contribution is 0.0928. The third-order valence-corrected chi connectivity index (χ3v) is 8.84. The van der Waals surface area contributed by atoms with Crippen LogP contribution >= 0.6 is 0 Å². The van der Waals surface area contributed by atoms with Crippen molar-refractivity contribution in [3.05, 3.63) is 65.7 Å². The minimum absolute atomic E-state index is 0.0980. The fourth-order valence-electron chi connectivity index (χ4n) is 7.20. The summed E-state index contributed by atoms with van der Waals surface area (Å²) in [5, 5.41) is 3.52. The van der Waals surface area contributed by atoms with Crippen molar-refractivity contribution in [1.82, 2.24) is 19.8 Å². The van der Waals surface area contributed by atoms with Crippen molar-refractivity contribution in [1.29, 1.82) is 0 Å². The zero-order valence-corrected chi connectivity index (χ0v) is 19.6. The quantitative estimate of drug-likeness (QED) is 0.573. The Morgan fingerprint density at radius 2 is 1.76 bits per heavy atom. The van der Waals surface area contributed by atoms with Crippen molar-refractivity contribution < 1.29 is 4.39 Å². The number of piperidine rings is 2. The summed E-state index contributed by atoms with van der Waals surface area (Å²) in [6, 6.07) is 17.8. The topological polar surface area (TPSA) is 33.1 Å². The molecule has 3 aliphatic rings. The fraction of sp³-hybridized carbons (Fsp3) is 0.536. The molecular formula is C28H35FN4. The van der Waals surface area contributed by atoms with Gasteiger partial charge in [0.05, 0.1) is 11.0 Å². The highest BCUT2D eigenvalue weighted by Crippen LogP contribution is 2.44. The lowest BCUT2D eigenvalue weighted by Gasteiger charge is -2.44. The predicted molar refractivity (Wildman–Crippen MR) is 131 cm³/mol. The first kappa shape index (κ1) is 21.3. The van der Waals surface area contributed by atoms with E-state index >= 15 is 0 Å². The number of aromatic nitrogens is 2. The molecule has 4 heterocycles. The van der Waals surface area contributed by atoms with Crippen LogP contribution < -0.4 is 5.32 Å². The number of halogens is 1. The summed E-state index contributed by atoms with van der Waals surface area (Å²) >= 11 is 0. The van der Waals surface area contributed by atoms with Crippen LogP contribution in [0.15, 0.2) is 48.5 Å². The molecule has 2 atom stereocenters. The lowest BCUT2D eigenvalue weighted by Crippen LogP contribution is -2.47. The average Bonchev–Trinajstić information content (AvgIpc) is 3.29. The minimum Gasteiger partial charge on any atom is -0.325 e. The molecule has 0 amide bonds. The van der Waals surface area contributed by atoms with Crippen LogP contribution in [-0.2, 0) is 5.41 Å². The minimum atomic E-state index is -0.103. The molecule has 5 heteroatoms. The van der Waals surface area contributed by atoms with Crippen LogP contribution in [0.5, 0.6) is 0 Å². The molecule has 6 rings (SSSR count). The molecule has 1 N–H and O–H groups in total. The molecule has 174 valence electrons. The summed E-state index contributed by atoms with van der Waals surface area (Å²) in [6.07, 6.45) is 8.37. The van der Waals surface area contributed by atoms with E-state index in [2.05, 4.69) is 52.0 Å². The van der Waals surface area contributed by atoms with Crippen LogP contribution in [0.1, 0.15) is 62.4 Å². The maximum atomic E-state index is 14.1. The lowest BCUT2D eigenvalue weighted by atomic mass is 9.70. The number of imidazole rings is 1. The number of aryl methyl sites for hydroxylation is 1. The Hall–Kier alpha value is -2.24. The Balaban J connectivity index is 1.21. The van der Waals surface area contributed by atoms with Gasteiger partial charge >= 0.3 is 0 Å². The Bertz CT molecular complexity index is 1120. The van der Waals surface area contributed by atoms with Crippen molar-refractivity contribution in [2.24, 2.45) is 0 Å². The van der Waals surface area contributed by atoms with Crippen molar-refractivity contribution in [2.45, 2.75) is 75.4 Å². The Labute approximate surface area is 196 Å². The molecule has 2 unspecified atom stereocenters. The summed E-state index contributed by atoms with van der Waals surface area (Å²) < 4.78 is 16.6. The Morgan fingerprint density at radius 3 is 2.52 bits per heavy atom. The fourth-order valence-corrected chi connectivity index (χ4v) is 7.20. The first-order valence-corrected chi connectivity index (χ1v) is 12.8. The summed E-state index contributed by atoms with van der Waals surface area (Å²) in [5.41, 5.74) is 3.70. The van der Waals surface area contributed by atoms with Gasteiger partial charge < -0.3 is 9.88 Å². The summed E-state index contributed by atoms with van der Waals surface area (Å²) in [7, 11) is 0. The van der Waals surface area contributed by atoms with Gasteiger partial charge in [-0.1, -0.05) is 24.3 Å². The van der Waals surface area contributed by atoms with Crippen LogP contribution in [-0.4, -0.2) is 46.2 Å². The van der Waals surface area contributed by atoms with Crippen LogP contribution in [0.2, 0.25) is 0 Å². The number of benzene rings is 2. The highest BCUT2D eigenvalue weighted by molar-refractivity contribution is 5.76. The normalized spacial score (nSPS) is 27.3. The van der Waals surface area contributed by atoms with Gasteiger partial charge in [-0.05, 0) is 107 Å². The van der Waals surface area contributed by atoms with E-state index in [4.69, 9.17) is 4.98 Å². The molecule has 4 nitrogen and oxygen atoms in total. The summed E-state index contributed by atoms with van der Waals surface area (Å²) in [6.45, 7) is 5.34.